The third-order valence-electron chi connectivity index (χ3n) is 4.01. The Morgan fingerprint density at radius 2 is 1.95 bits per heavy atom. The van der Waals surface area contributed by atoms with Crippen LogP contribution < -0.4 is 4.74 Å². The summed E-state index contributed by atoms with van der Waals surface area (Å²) in [7, 11) is 2.09. The molecule has 1 saturated heterocycles. The lowest BCUT2D eigenvalue weighted by atomic mass is 9.89. The predicted molar refractivity (Wildman–Crippen MR) is 92.1 cm³/mol. The van der Waals surface area contributed by atoms with Crippen molar-refractivity contribution in [1.29, 1.82) is 0 Å². The summed E-state index contributed by atoms with van der Waals surface area (Å²) in [5.74, 6) is 1.19. The minimum atomic E-state index is -0.259. The number of hydrogen-bond donors (Lipinski definition) is 1. The first-order chi connectivity index (χ1) is 10.4. The van der Waals surface area contributed by atoms with Crippen molar-refractivity contribution < 1.29 is 9.84 Å². The lowest BCUT2D eigenvalue weighted by Gasteiger charge is -2.34. The quantitative estimate of drug-likeness (QED) is 0.878. The first kappa shape index (κ1) is 17.9. The summed E-state index contributed by atoms with van der Waals surface area (Å²) in [6, 6.07) is 3.81. The molecule has 2 atom stereocenters. The number of rotatable bonds is 5. The van der Waals surface area contributed by atoms with Crippen molar-refractivity contribution in [3.05, 3.63) is 27.7 Å². The molecule has 0 radical (unpaired) electrons. The summed E-state index contributed by atoms with van der Waals surface area (Å²) in [4.78, 5) is 2.25. The van der Waals surface area contributed by atoms with E-state index in [2.05, 4.69) is 25.8 Å². The van der Waals surface area contributed by atoms with Crippen LogP contribution in [-0.2, 0) is 6.42 Å². The van der Waals surface area contributed by atoms with Gasteiger partial charge in [0, 0.05) is 19.0 Å². The van der Waals surface area contributed by atoms with Crippen LogP contribution in [0.4, 0.5) is 0 Å². The maximum Gasteiger partial charge on any atom is 0.156 e. The van der Waals surface area contributed by atoms with E-state index in [1.54, 1.807) is 0 Å². The van der Waals surface area contributed by atoms with Gasteiger partial charge in [-0.2, -0.15) is 0 Å². The largest absolute Gasteiger partial charge is 0.490 e. The Morgan fingerprint density at radius 1 is 1.32 bits per heavy atom. The minimum absolute atomic E-state index is 0.216. The third-order valence-corrected chi connectivity index (χ3v) is 4.58. The zero-order valence-electron chi connectivity index (χ0n) is 13.5. The van der Waals surface area contributed by atoms with E-state index < -0.39 is 0 Å². The van der Waals surface area contributed by atoms with E-state index in [0.717, 1.165) is 31.5 Å². The van der Waals surface area contributed by atoms with Crippen LogP contribution in [0.5, 0.6) is 5.75 Å². The maximum atomic E-state index is 10.2. The van der Waals surface area contributed by atoms with Crippen LogP contribution in [0.25, 0.3) is 0 Å². The Bertz CT molecular complexity index is 484. The highest BCUT2D eigenvalue weighted by atomic mass is 35.5. The Balaban J connectivity index is 2.09. The molecule has 1 aliphatic heterocycles. The Labute approximate surface area is 143 Å². The topological polar surface area (TPSA) is 32.7 Å². The van der Waals surface area contributed by atoms with E-state index in [-0.39, 0.29) is 12.0 Å². The standard InChI is InChI=1S/C17H25Cl2NO2/c1-11(2)10-22-17-14(18)7-12(8-15(17)19)6-13-9-20(3)5-4-16(13)21/h7-8,11,13,16,21H,4-6,9-10H2,1-3H3. The molecule has 3 nitrogen and oxygen atoms in total. The van der Waals surface area contributed by atoms with Gasteiger partial charge in [0.2, 0.25) is 0 Å². The van der Waals surface area contributed by atoms with Crippen LogP contribution in [0.2, 0.25) is 10.0 Å². The van der Waals surface area contributed by atoms with Crippen molar-refractivity contribution in [2.24, 2.45) is 11.8 Å². The lowest BCUT2D eigenvalue weighted by Crippen LogP contribution is -2.41. The molecule has 5 heteroatoms. The number of halogens is 2. The molecule has 2 rings (SSSR count). The lowest BCUT2D eigenvalue weighted by molar-refractivity contribution is 0.0366. The summed E-state index contributed by atoms with van der Waals surface area (Å²) in [5, 5.41) is 11.3. The van der Waals surface area contributed by atoms with Gasteiger partial charge in [-0.05, 0) is 43.5 Å². The van der Waals surface area contributed by atoms with E-state index in [4.69, 9.17) is 27.9 Å². The average molecular weight is 346 g/mol. The highest BCUT2D eigenvalue weighted by molar-refractivity contribution is 6.37. The van der Waals surface area contributed by atoms with E-state index in [1.165, 1.54) is 0 Å². The number of aliphatic hydroxyl groups is 1. The Kier molecular flexibility index (Phi) is 6.39. The summed E-state index contributed by atoms with van der Waals surface area (Å²) < 4.78 is 5.69. The first-order valence-corrected chi connectivity index (χ1v) is 8.59. The second-order valence-electron chi connectivity index (χ2n) is 6.68. The van der Waals surface area contributed by atoms with Crippen molar-refractivity contribution in [2.75, 3.05) is 26.7 Å². The molecule has 0 saturated carbocycles. The van der Waals surface area contributed by atoms with Crippen LogP contribution in [0.3, 0.4) is 0 Å². The number of nitrogens with zero attached hydrogens (tertiary/aromatic N) is 1. The van der Waals surface area contributed by atoms with Gasteiger partial charge in [0.05, 0.1) is 22.8 Å². The average Bonchev–Trinajstić information content (AvgIpc) is 2.41. The fraction of sp³-hybridized carbons (Fsp3) is 0.647. The molecular formula is C17H25Cl2NO2. The fourth-order valence-corrected chi connectivity index (χ4v) is 3.46. The molecule has 1 heterocycles. The molecule has 1 N–H and O–H groups in total. The molecule has 0 aromatic heterocycles. The van der Waals surface area contributed by atoms with E-state index in [0.29, 0.717) is 28.3 Å². The van der Waals surface area contributed by atoms with Crippen molar-refractivity contribution in [1.82, 2.24) is 4.90 Å². The van der Waals surface area contributed by atoms with Gasteiger partial charge in [-0.15, -0.1) is 0 Å². The van der Waals surface area contributed by atoms with Crippen LogP contribution in [-0.4, -0.2) is 42.9 Å². The minimum Gasteiger partial charge on any atom is -0.490 e. The van der Waals surface area contributed by atoms with Crippen molar-refractivity contribution in [3.63, 3.8) is 0 Å². The van der Waals surface area contributed by atoms with E-state index >= 15 is 0 Å². The summed E-state index contributed by atoms with van der Waals surface area (Å²) in [5.41, 5.74) is 1.05. The van der Waals surface area contributed by atoms with Gasteiger partial charge < -0.3 is 14.7 Å². The van der Waals surface area contributed by atoms with Gasteiger partial charge in [0.15, 0.2) is 5.75 Å². The second-order valence-corrected chi connectivity index (χ2v) is 7.49. The molecular weight excluding hydrogens is 321 g/mol. The molecule has 0 amide bonds. The molecule has 0 aliphatic carbocycles. The van der Waals surface area contributed by atoms with Gasteiger partial charge in [-0.25, -0.2) is 0 Å². The van der Waals surface area contributed by atoms with E-state index in [9.17, 15) is 5.11 Å². The van der Waals surface area contributed by atoms with Crippen molar-refractivity contribution in [3.8, 4) is 5.75 Å². The highest BCUT2D eigenvalue weighted by Crippen LogP contribution is 2.35. The SMILES string of the molecule is CC(C)COc1c(Cl)cc(CC2CN(C)CCC2O)cc1Cl. The van der Waals surface area contributed by atoms with E-state index in [1.807, 2.05) is 12.1 Å². The van der Waals surface area contributed by atoms with Gasteiger partial charge >= 0.3 is 0 Å². The number of likely N-dealkylation sites (tertiary alicyclic amines) is 1. The number of piperidine rings is 1. The van der Waals surface area contributed by atoms with Crippen molar-refractivity contribution >= 4 is 23.2 Å². The smallest absolute Gasteiger partial charge is 0.156 e. The Morgan fingerprint density at radius 3 is 2.55 bits per heavy atom. The van der Waals surface area contributed by atoms with Crippen molar-refractivity contribution in [2.45, 2.75) is 32.8 Å². The van der Waals surface area contributed by atoms with Crippen LogP contribution in [0.15, 0.2) is 12.1 Å². The third kappa shape index (κ3) is 4.76. The normalized spacial score (nSPS) is 23.0. The summed E-state index contributed by atoms with van der Waals surface area (Å²) in [6.45, 7) is 6.59. The Hall–Kier alpha value is -0.480. The molecule has 1 aromatic rings. The zero-order valence-corrected chi connectivity index (χ0v) is 15.0. The fourth-order valence-electron chi connectivity index (χ4n) is 2.82. The highest BCUT2D eigenvalue weighted by Gasteiger charge is 2.26. The molecule has 22 heavy (non-hydrogen) atoms. The predicted octanol–water partition coefficient (Wildman–Crippen LogP) is 3.88. The van der Waals surface area contributed by atoms with Gasteiger partial charge in [0.1, 0.15) is 0 Å². The molecule has 2 unspecified atom stereocenters. The first-order valence-electron chi connectivity index (χ1n) is 7.84. The summed E-state index contributed by atoms with van der Waals surface area (Å²) in [6.07, 6.45) is 1.33. The molecule has 0 spiro atoms. The molecule has 1 aromatic carbocycles. The molecule has 1 aliphatic rings. The summed E-state index contributed by atoms with van der Waals surface area (Å²) >= 11 is 12.6. The maximum absolute atomic E-state index is 10.2. The van der Waals surface area contributed by atoms with Crippen LogP contribution in [0, 0.1) is 11.8 Å². The zero-order chi connectivity index (χ0) is 16.3. The van der Waals surface area contributed by atoms with Crippen LogP contribution >= 0.6 is 23.2 Å². The molecule has 124 valence electrons. The number of hydrogen-bond acceptors (Lipinski definition) is 3. The van der Waals surface area contributed by atoms with Crippen LogP contribution in [0.1, 0.15) is 25.8 Å². The molecule has 1 fully saturated rings. The second kappa shape index (κ2) is 7.87. The number of aliphatic hydroxyl groups excluding tert-OH is 1. The number of ether oxygens (including phenoxy) is 1. The van der Waals surface area contributed by atoms with Gasteiger partial charge in [-0.3, -0.25) is 0 Å². The van der Waals surface area contributed by atoms with Gasteiger partial charge in [-0.1, -0.05) is 37.0 Å². The molecule has 0 bridgehead atoms. The van der Waals surface area contributed by atoms with Gasteiger partial charge in [0.25, 0.3) is 0 Å². The monoisotopic (exact) mass is 345 g/mol. The number of benzene rings is 1.